The van der Waals surface area contributed by atoms with Crippen LogP contribution in [0.4, 0.5) is 8.78 Å². The zero-order valence-electron chi connectivity index (χ0n) is 49.8. The van der Waals surface area contributed by atoms with Gasteiger partial charge in [-0.3, -0.25) is 14.8 Å². The van der Waals surface area contributed by atoms with Crippen molar-refractivity contribution in [2.45, 2.75) is 84.7 Å². The fraction of sp³-hybridized carbons (Fsp3) is 0.345. The Kier molecular flexibility index (Phi) is 43.2. The SMILES string of the molecule is CC(C)(C)OC(=O)CBr.CC(C)(C)OC(=O)COC(=O)c1cccs1.O=C(COC(=O)c1cccs1)O[C@@H](Cc1c(Cl)c[n+](O)cc1Cl)c1ccc(OC(F)F)c(OCC2CC2)c1.O=C(O)COC(=O)c1cccs1.O=C(O)c1cccs1.O=CO[O-].[H-].[K+].[K+]. The molecule has 1 aliphatic carbocycles. The Hall–Kier alpha value is -4.05. The number of alkyl halides is 3. The van der Waals surface area contributed by atoms with Crippen molar-refractivity contribution in [3.05, 3.63) is 141 Å². The van der Waals surface area contributed by atoms with E-state index in [0.717, 1.165) is 24.2 Å². The van der Waals surface area contributed by atoms with Crippen LogP contribution in [0.5, 0.6) is 11.5 Å². The molecule has 1 aromatic carbocycles. The Morgan fingerprint density at radius 3 is 1.47 bits per heavy atom. The smallest absolute Gasteiger partial charge is 1.00 e. The van der Waals surface area contributed by atoms with Crippen molar-refractivity contribution in [3.63, 3.8) is 0 Å². The van der Waals surface area contributed by atoms with E-state index >= 15 is 0 Å². The number of carbonyl (C=O) groups excluding carboxylic acids is 7. The van der Waals surface area contributed by atoms with Gasteiger partial charge in [0.15, 0.2) is 31.3 Å². The average molecular weight is 1480 g/mol. The van der Waals surface area contributed by atoms with E-state index in [2.05, 4.69) is 30.3 Å². The van der Waals surface area contributed by atoms with Crippen LogP contribution in [0.2, 0.25) is 10.0 Å². The van der Waals surface area contributed by atoms with Gasteiger partial charge in [-0.15, -0.1) is 45.3 Å². The number of carbonyl (C=O) groups is 9. The summed E-state index contributed by atoms with van der Waals surface area (Å²) in [4.78, 5) is 102. The first kappa shape index (κ1) is 85.0. The molecule has 1 aliphatic rings. The van der Waals surface area contributed by atoms with Crippen LogP contribution < -0.4 is 122 Å². The number of carboxylic acids is 2. The third-order valence-electron chi connectivity index (χ3n) is 9.31. The summed E-state index contributed by atoms with van der Waals surface area (Å²) in [5.41, 5.74) is -0.208. The summed E-state index contributed by atoms with van der Waals surface area (Å²) in [5.74, 6) is -5.19. The largest absolute Gasteiger partial charge is 1.00 e. The first-order chi connectivity index (χ1) is 40.9. The Morgan fingerprint density at radius 2 is 1.12 bits per heavy atom. The van der Waals surface area contributed by atoms with Crippen molar-refractivity contribution in [2.24, 2.45) is 5.92 Å². The molecule has 0 unspecified atom stereocenters. The van der Waals surface area contributed by atoms with E-state index < -0.39 is 73.3 Å². The summed E-state index contributed by atoms with van der Waals surface area (Å²) in [6, 6.07) is 17.3. The van der Waals surface area contributed by atoms with Gasteiger partial charge in [-0.05, 0) is 124 Å². The van der Waals surface area contributed by atoms with Gasteiger partial charge in [-0.1, -0.05) is 69.5 Å². The van der Waals surface area contributed by atoms with Gasteiger partial charge >= 0.3 is 157 Å². The van der Waals surface area contributed by atoms with E-state index in [9.17, 15) is 52.3 Å². The van der Waals surface area contributed by atoms with E-state index in [-0.39, 0.29) is 162 Å². The second-order valence-electron chi connectivity index (χ2n) is 18.7. The molecule has 1 saturated carbocycles. The molecule has 0 radical (unpaired) electrons. The molecule has 0 spiro atoms. The number of benzene rings is 1. The van der Waals surface area contributed by atoms with Crippen LogP contribution in [-0.4, -0.2) is 119 Å². The molecule has 5 heterocycles. The molecular weight excluding hydrogens is 1420 g/mol. The molecule has 89 heavy (non-hydrogen) atoms. The number of aromatic nitrogens is 1. The molecular formula is C55H59BrCl2F2K2NO22S4+. The number of thiophene rings is 4. The van der Waals surface area contributed by atoms with E-state index in [4.69, 9.17) is 71.9 Å². The van der Waals surface area contributed by atoms with Crippen LogP contribution >= 0.6 is 84.5 Å². The Balaban J connectivity index is 0. The third-order valence-corrected chi connectivity index (χ3v) is 13.8. The maximum atomic E-state index is 13.0. The minimum atomic E-state index is -3.07. The standard InChI is InChI=1S/C25H22Cl2F2NO7S.C11H14O4S.C7H6O4S.C6H11BrO2.C5H4O2S.CH2O3.2K.H/c26-17-10-30(33)11-18(27)16(17)9-20(36-23(31)13-35-24(32)22-2-1-7-38-22)15-5-6-19(37-25(28)29)21(8-15)34-12-14-3-4-14;1-11(2,3)15-9(12)7-14-10(13)8-5-4-6-16-8;8-6(9)4-11-7(10)5-2-1-3-12-5;1-6(2,3)9-5(8)4-7;6-5(7)4-2-1-3-8-4;2-1-4-3;;;/h1-2,5-8,10-11,14,20,25,33H,3-4,9,12-13H2;4-6H,7H2,1-3H3;1-3H,4H2,(H,8,9);4H2,1-3H3;1-3H,(H,6,7);1,3H;;;/q+1;;;;;;2*+1;-1/p-1/t20-;;;;;;;;/m0......../s1. The Morgan fingerprint density at radius 1 is 0.697 bits per heavy atom. The van der Waals surface area contributed by atoms with Crippen molar-refractivity contribution in [1.82, 2.24) is 0 Å². The topological polar surface area (TPSA) is 324 Å². The van der Waals surface area contributed by atoms with Crippen LogP contribution in [0.3, 0.4) is 0 Å². The van der Waals surface area contributed by atoms with Gasteiger partial charge in [0.1, 0.15) is 52.2 Å². The molecule has 0 aliphatic heterocycles. The monoisotopic (exact) mass is 1480 g/mol. The van der Waals surface area contributed by atoms with E-state index in [0.29, 0.717) is 47.9 Å². The second kappa shape index (κ2) is 45.3. The van der Waals surface area contributed by atoms with Gasteiger partial charge in [0.2, 0.25) is 12.4 Å². The molecule has 7 rings (SSSR count). The number of nitrogens with zero attached hydrogens (tertiary/aromatic N) is 1. The van der Waals surface area contributed by atoms with Crippen LogP contribution in [0.25, 0.3) is 0 Å². The van der Waals surface area contributed by atoms with Crippen molar-refractivity contribution >= 4 is 139 Å². The average Bonchev–Trinajstić information content (AvgIpc) is 1.54. The third kappa shape index (κ3) is 38.5. The summed E-state index contributed by atoms with van der Waals surface area (Å²) < 4.78 is 66.7. The first-order valence-electron chi connectivity index (χ1n) is 24.8. The Bertz CT molecular complexity index is 3100. The van der Waals surface area contributed by atoms with Crippen molar-refractivity contribution < 1.29 is 224 Å². The number of pyridine rings is 1. The van der Waals surface area contributed by atoms with Gasteiger partial charge in [-0.2, -0.15) is 8.78 Å². The quantitative estimate of drug-likeness (QED) is 0.0102. The normalized spacial score (nSPS) is 11.2. The zero-order valence-corrected chi connectivity index (χ0v) is 61.5. The maximum Gasteiger partial charge on any atom is 1.00 e. The predicted molar refractivity (Wildman–Crippen MR) is 314 cm³/mol. The number of hydrogen-bond donors (Lipinski definition) is 3. The second-order valence-corrected chi connectivity index (χ2v) is 23.8. The van der Waals surface area contributed by atoms with E-state index in [1.807, 2.05) is 20.8 Å². The fourth-order valence-corrected chi connectivity index (χ4v) is 8.91. The number of aliphatic carboxylic acids is 1. The zero-order chi connectivity index (χ0) is 65.3. The minimum absolute atomic E-state index is 0. The number of hydrogen-bond acceptors (Lipinski definition) is 24. The number of ether oxygens (including phenoxy) is 8. The molecule has 23 nitrogen and oxygen atoms in total. The summed E-state index contributed by atoms with van der Waals surface area (Å²) in [5, 5.41) is 42.0. The molecule has 0 amide bonds. The molecule has 476 valence electrons. The van der Waals surface area contributed by atoms with Gasteiger partial charge in [0.25, 0.3) is 6.47 Å². The van der Waals surface area contributed by atoms with Gasteiger partial charge in [-0.25, -0.2) is 33.6 Å². The molecule has 0 bridgehead atoms. The van der Waals surface area contributed by atoms with Crippen molar-refractivity contribution in [1.29, 1.82) is 0 Å². The Labute approximate surface area is 630 Å². The van der Waals surface area contributed by atoms with Crippen LogP contribution in [-0.2, 0) is 63.7 Å². The van der Waals surface area contributed by atoms with E-state index in [1.165, 1.54) is 64.6 Å². The molecule has 1 fully saturated rings. The van der Waals surface area contributed by atoms with Gasteiger partial charge in [0.05, 0.1) is 6.61 Å². The summed E-state index contributed by atoms with van der Waals surface area (Å²) in [7, 11) is 0. The van der Waals surface area contributed by atoms with Gasteiger partial charge in [0, 0.05) is 16.7 Å². The number of carboxylic acid groups (broad SMARTS) is 2. The predicted octanol–water partition coefficient (Wildman–Crippen LogP) is 4.61. The van der Waals surface area contributed by atoms with Crippen molar-refractivity contribution in [2.75, 3.05) is 31.8 Å². The fourth-order valence-electron chi connectivity index (χ4n) is 5.78. The number of aromatic carboxylic acids is 1. The summed E-state index contributed by atoms with van der Waals surface area (Å²) in [6.45, 7) is 6.25. The van der Waals surface area contributed by atoms with E-state index in [1.54, 1.807) is 90.8 Å². The summed E-state index contributed by atoms with van der Waals surface area (Å²) in [6.07, 6.45) is 3.26. The molecule has 5 aromatic heterocycles. The first-order valence-corrected chi connectivity index (χ1v) is 30.2. The molecule has 1 atom stereocenters. The molecule has 3 N–H and O–H groups in total. The maximum absolute atomic E-state index is 13.0. The van der Waals surface area contributed by atoms with Crippen LogP contribution in [0.15, 0.2) is 101 Å². The molecule has 34 heteroatoms. The van der Waals surface area contributed by atoms with Crippen LogP contribution in [0.1, 0.15) is 112 Å². The number of halogens is 5. The molecule has 0 saturated heterocycles. The van der Waals surface area contributed by atoms with Gasteiger partial charge < -0.3 is 59.7 Å². The molecule has 6 aromatic rings. The van der Waals surface area contributed by atoms with Crippen molar-refractivity contribution in [3.8, 4) is 11.5 Å². The number of rotatable bonds is 21. The number of esters is 6. The van der Waals surface area contributed by atoms with Crippen LogP contribution in [0, 0.1) is 5.92 Å². The minimum Gasteiger partial charge on any atom is -1.00 e. The summed E-state index contributed by atoms with van der Waals surface area (Å²) >= 11 is 20.4.